The molecule has 0 saturated heterocycles. The van der Waals surface area contributed by atoms with Crippen LogP contribution in [-0.4, -0.2) is 25.0 Å². The molecule has 2 N–H and O–H groups in total. The number of carbonyl (C=O) groups is 1. The highest BCUT2D eigenvalue weighted by molar-refractivity contribution is 5.73. The summed E-state index contributed by atoms with van der Waals surface area (Å²) in [5.41, 5.74) is 0. The van der Waals surface area contributed by atoms with Gasteiger partial charge in [0, 0.05) is 19.5 Å². The monoisotopic (exact) mass is 240 g/mol. The van der Waals surface area contributed by atoms with E-state index in [9.17, 15) is 4.79 Å². The summed E-state index contributed by atoms with van der Waals surface area (Å²) in [6.07, 6.45) is 9.15. The average molecular weight is 240 g/mol. The number of hydrogen-bond donors (Lipinski definition) is 2. The second kappa shape index (κ2) is 8.51. The normalized spacial score (nSPS) is 18.9. The molecule has 3 heteroatoms. The lowest BCUT2D eigenvalue weighted by Crippen LogP contribution is -2.42. The first kappa shape index (κ1) is 14.5. The summed E-state index contributed by atoms with van der Waals surface area (Å²) in [5.74, 6) is 0.924. The number of nitrogens with one attached hydrogen (secondary N) is 2. The van der Waals surface area contributed by atoms with E-state index in [0.717, 1.165) is 31.8 Å². The van der Waals surface area contributed by atoms with Crippen LogP contribution in [0.5, 0.6) is 0 Å². The molecule has 0 aromatic heterocycles. The number of rotatable bonds is 7. The van der Waals surface area contributed by atoms with Crippen LogP contribution < -0.4 is 10.6 Å². The zero-order chi connectivity index (χ0) is 12.5. The Hall–Kier alpha value is -0.570. The molecular weight excluding hydrogens is 212 g/mol. The van der Waals surface area contributed by atoms with Crippen molar-refractivity contribution in [2.45, 2.75) is 64.8 Å². The van der Waals surface area contributed by atoms with Crippen molar-refractivity contribution in [3.63, 3.8) is 0 Å². The molecule has 17 heavy (non-hydrogen) atoms. The first-order valence-electron chi connectivity index (χ1n) is 7.20. The third-order valence-corrected chi connectivity index (χ3v) is 3.57. The fourth-order valence-corrected chi connectivity index (χ4v) is 2.76. The number of amides is 1. The molecule has 1 aliphatic rings. The summed E-state index contributed by atoms with van der Waals surface area (Å²) >= 11 is 0. The Morgan fingerprint density at radius 3 is 2.59 bits per heavy atom. The predicted octanol–water partition coefficient (Wildman–Crippen LogP) is 2.46. The molecule has 0 radical (unpaired) electrons. The maximum atomic E-state index is 11.2. The van der Waals surface area contributed by atoms with Crippen LogP contribution in [0.15, 0.2) is 0 Å². The molecular formula is C14H28N2O. The van der Waals surface area contributed by atoms with Gasteiger partial charge in [-0.1, -0.05) is 39.0 Å². The van der Waals surface area contributed by atoms with Crippen molar-refractivity contribution in [1.29, 1.82) is 0 Å². The molecule has 0 aliphatic heterocycles. The minimum absolute atomic E-state index is 0.101. The Bertz CT molecular complexity index is 212. The van der Waals surface area contributed by atoms with Crippen LogP contribution in [0.1, 0.15) is 58.8 Å². The Labute approximate surface area is 106 Å². The molecule has 1 amide bonds. The van der Waals surface area contributed by atoms with E-state index in [-0.39, 0.29) is 5.91 Å². The van der Waals surface area contributed by atoms with Gasteiger partial charge in [0.2, 0.25) is 5.91 Å². The molecule has 1 atom stereocenters. The predicted molar refractivity (Wildman–Crippen MR) is 72.0 cm³/mol. The van der Waals surface area contributed by atoms with Crippen LogP contribution in [0, 0.1) is 5.92 Å². The largest absolute Gasteiger partial charge is 0.352 e. The van der Waals surface area contributed by atoms with Crippen molar-refractivity contribution in [2.75, 3.05) is 13.1 Å². The molecule has 0 heterocycles. The lowest BCUT2D eigenvalue weighted by molar-refractivity contribution is -0.119. The summed E-state index contributed by atoms with van der Waals surface area (Å²) in [6.45, 7) is 5.75. The second-order valence-corrected chi connectivity index (χ2v) is 5.34. The van der Waals surface area contributed by atoms with Gasteiger partial charge in [-0.05, 0) is 25.3 Å². The van der Waals surface area contributed by atoms with Crippen molar-refractivity contribution in [3.05, 3.63) is 0 Å². The van der Waals surface area contributed by atoms with E-state index in [0.29, 0.717) is 6.04 Å². The molecule has 0 aromatic carbocycles. The molecule has 3 nitrogen and oxygen atoms in total. The lowest BCUT2D eigenvalue weighted by atomic mass is 9.85. The molecule has 0 spiro atoms. The SMILES string of the molecule is CCCNC[C@H](CC1CCCCC1)NC(C)=O. The van der Waals surface area contributed by atoms with Crippen molar-refractivity contribution in [1.82, 2.24) is 10.6 Å². The highest BCUT2D eigenvalue weighted by atomic mass is 16.1. The van der Waals surface area contributed by atoms with Crippen molar-refractivity contribution < 1.29 is 4.79 Å². The van der Waals surface area contributed by atoms with Gasteiger partial charge in [0.1, 0.15) is 0 Å². The third kappa shape index (κ3) is 6.67. The topological polar surface area (TPSA) is 41.1 Å². The van der Waals surface area contributed by atoms with Crippen molar-refractivity contribution >= 4 is 5.91 Å². The molecule has 1 rings (SSSR count). The Morgan fingerprint density at radius 1 is 1.29 bits per heavy atom. The first-order valence-corrected chi connectivity index (χ1v) is 7.20. The van der Waals surface area contributed by atoms with Gasteiger partial charge in [0.25, 0.3) is 0 Å². The molecule has 0 aromatic rings. The van der Waals surface area contributed by atoms with E-state index < -0.39 is 0 Å². The fraction of sp³-hybridized carbons (Fsp3) is 0.929. The molecule has 0 unspecified atom stereocenters. The smallest absolute Gasteiger partial charge is 0.217 e. The standard InChI is InChI=1S/C14H28N2O/c1-3-9-15-11-14(16-12(2)17)10-13-7-5-4-6-8-13/h13-15H,3-11H2,1-2H3,(H,16,17)/t14-/m0/s1. The van der Waals surface area contributed by atoms with E-state index in [1.165, 1.54) is 32.1 Å². The number of hydrogen-bond acceptors (Lipinski definition) is 2. The summed E-state index contributed by atoms with van der Waals surface area (Å²) in [4.78, 5) is 11.2. The molecule has 100 valence electrons. The van der Waals surface area contributed by atoms with E-state index in [4.69, 9.17) is 0 Å². The molecule has 1 aliphatic carbocycles. The highest BCUT2D eigenvalue weighted by Gasteiger charge is 2.19. The van der Waals surface area contributed by atoms with Crippen LogP contribution in [0.3, 0.4) is 0 Å². The van der Waals surface area contributed by atoms with Gasteiger partial charge in [-0.15, -0.1) is 0 Å². The van der Waals surface area contributed by atoms with Gasteiger partial charge < -0.3 is 10.6 Å². The quantitative estimate of drug-likeness (QED) is 0.671. The second-order valence-electron chi connectivity index (χ2n) is 5.34. The highest BCUT2D eigenvalue weighted by Crippen LogP contribution is 2.27. The Balaban J connectivity index is 2.29. The van der Waals surface area contributed by atoms with Crippen LogP contribution in [0.25, 0.3) is 0 Å². The Kier molecular flexibility index (Phi) is 7.25. The molecule has 1 saturated carbocycles. The van der Waals surface area contributed by atoms with Gasteiger partial charge in [-0.3, -0.25) is 4.79 Å². The van der Waals surface area contributed by atoms with E-state index in [1.54, 1.807) is 6.92 Å². The maximum absolute atomic E-state index is 11.2. The van der Waals surface area contributed by atoms with Crippen molar-refractivity contribution in [2.24, 2.45) is 5.92 Å². The minimum Gasteiger partial charge on any atom is -0.352 e. The van der Waals surface area contributed by atoms with Gasteiger partial charge in [-0.2, -0.15) is 0 Å². The molecule has 1 fully saturated rings. The van der Waals surface area contributed by atoms with Gasteiger partial charge in [0.15, 0.2) is 0 Å². The average Bonchev–Trinajstić information content (AvgIpc) is 2.30. The van der Waals surface area contributed by atoms with Crippen LogP contribution >= 0.6 is 0 Å². The number of carbonyl (C=O) groups excluding carboxylic acids is 1. The lowest BCUT2D eigenvalue weighted by Gasteiger charge is -2.27. The molecule has 0 bridgehead atoms. The van der Waals surface area contributed by atoms with Crippen LogP contribution in [0.4, 0.5) is 0 Å². The van der Waals surface area contributed by atoms with E-state index >= 15 is 0 Å². The van der Waals surface area contributed by atoms with E-state index in [1.807, 2.05) is 0 Å². The third-order valence-electron chi connectivity index (χ3n) is 3.57. The van der Waals surface area contributed by atoms with Crippen molar-refractivity contribution in [3.8, 4) is 0 Å². The summed E-state index contributed by atoms with van der Waals surface area (Å²) < 4.78 is 0. The van der Waals surface area contributed by atoms with Crippen LogP contribution in [0.2, 0.25) is 0 Å². The summed E-state index contributed by atoms with van der Waals surface area (Å²) in [6, 6.07) is 0.321. The van der Waals surface area contributed by atoms with Gasteiger partial charge in [0.05, 0.1) is 0 Å². The zero-order valence-corrected chi connectivity index (χ0v) is 11.4. The van der Waals surface area contributed by atoms with Crippen LogP contribution in [-0.2, 0) is 4.79 Å². The summed E-state index contributed by atoms with van der Waals surface area (Å²) in [5, 5.41) is 6.50. The Morgan fingerprint density at radius 2 is 2.00 bits per heavy atom. The summed E-state index contributed by atoms with van der Waals surface area (Å²) in [7, 11) is 0. The maximum Gasteiger partial charge on any atom is 0.217 e. The fourth-order valence-electron chi connectivity index (χ4n) is 2.76. The van der Waals surface area contributed by atoms with Gasteiger partial charge in [-0.25, -0.2) is 0 Å². The van der Waals surface area contributed by atoms with E-state index in [2.05, 4.69) is 17.6 Å². The minimum atomic E-state index is 0.101. The first-order chi connectivity index (χ1) is 8.22. The van der Waals surface area contributed by atoms with Gasteiger partial charge >= 0.3 is 0 Å². The zero-order valence-electron chi connectivity index (χ0n) is 11.4.